The fourth-order valence-corrected chi connectivity index (χ4v) is 3.09. The number of amidine groups is 1. The molecule has 2 atom stereocenters. The molecular formula is C14H24N2. The normalized spacial score (nSPS) is 31.6. The monoisotopic (exact) mass is 220 g/mol. The molecule has 1 heterocycles. The molecule has 90 valence electrons. The highest BCUT2D eigenvalue weighted by atomic mass is 15.0. The molecule has 1 aliphatic heterocycles. The highest BCUT2D eigenvalue weighted by Crippen LogP contribution is 2.29. The number of rotatable bonds is 1. The van der Waals surface area contributed by atoms with E-state index in [2.05, 4.69) is 18.8 Å². The summed E-state index contributed by atoms with van der Waals surface area (Å²) in [6, 6.07) is 0.547. The van der Waals surface area contributed by atoms with Gasteiger partial charge >= 0.3 is 0 Å². The molecule has 0 amide bonds. The number of fused-ring (bicyclic) bond motifs is 1. The van der Waals surface area contributed by atoms with Crippen molar-refractivity contribution in [2.24, 2.45) is 15.9 Å². The van der Waals surface area contributed by atoms with E-state index in [-0.39, 0.29) is 0 Å². The van der Waals surface area contributed by atoms with E-state index in [1.807, 2.05) is 0 Å². The molecule has 0 aromatic heterocycles. The summed E-state index contributed by atoms with van der Waals surface area (Å²) in [7, 11) is 0. The molecule has 0 N–H and O–H groups in total. The Kier molecular flexibility index (Phi) is 4.14. The van der Waals surface area contributed by atoms with Gasteiger partial charge < -0.3 is 0 Å². The first-order valence-electron chi connectivity index (χ1n) is 6.93. The van der Waals surface area contributed by atoms with Crippen LogP contribution in [0.4, 0.5) is 0 Å². The highest BCUT2D eigenvalue weighted by molar-refractivity contribution is 6.00. The molecule has 1 saturated carbocycles. The van der Waals surface area contributed by atoms with Gasteiger partial charge in [0.15, 0.2) is 0 Å². The molecule has 16 heavy (non-hydrogen) atoms. The minimum Gasteiger partial charge on any atom is -0.267 e. The summed E-state index contributed by atoms with van der Waals surface area (Å²) in [5, 5.41) is 0. The lowest BCUT2D eigenvalue weighted by molar-refractivity contribution is 0.453. The first-order valence-corrected chi connectivity index (χ1v) is 6.93. The Morgan fingerprint density at radius 3 is 2.50 bits per heavy atom. The van der Waals surface area contributed by atoms with Crippen molar-refractivity contribution in [1.29, 1.82) is 0 Å². The summed E-state index contributed by atoms with van der Waals surface area (Å²) in [6.07, 6.45) is 10.6. The predicted octanol–water partition coefficient (Wildman–Crippen LogP) is 4.00. The quantitative estimate of drug-likeness (QED) is 0.638. The Hall–Kier alpha value is -0.660. The van der Waals surface area contributed by atoms with Crippen LogP contribution in [0, 0.1) is 5.92 Å². The van der Waals surface area contributed by atoms with Crippen LogP contribution >= 0.6 is 0 Å². The average molecular weight is 220 g/mol. The van der Waals surface area contributed by atoms with Crippen molar-refractivity contribution in [3.63, 3.8) is 0 Å². The number of hydrogen-bond acceptors (Lipinski definition) is 2. The van der Waals surface area contributed by atoms with Crippen molar-refractivity contribution >= 4 is 11.5 Å². The van der Waals surface area contributed by atoms with Crippen LogP contribution in [0.15, 0.2) is 9.98 Å². The fourth-order valence-electron chi connectivity index (χ4n) is 3.09. The molecule has 0 aromatic rings. The lowest BCUT2D eigenvalue weighted by atomic mass is 9.85. The zero-order chi connectivity index (χ0) is 11.4. The van der Waals surface area contributed by atoms with E-state index in [9.17, 15) is 0 Å². The summed E-state index contributed by atoms with van der Waals surface area (Å²) in [4.78, 5) is 9.43. The molecule has 0 spiro atoms. The van der Waals surface area contributed by atoms with Crippen molar-refractivity contribution in [3.05, 3.63) is 0 Å². The van der Waals surface area contributed by atoms with Crippen LogP contribution in [0.25, 0.3) is 0 Å². The molecule has 1 fully saturated rings. The molecule has 2 rings (SSSR count). The molecule has 0 bridgehead atoms. The van der Waals surface area contributed by atoms with Gasteiger partial charge in [-0.25, -0.2) is 4.99 Å². The molecule has 0 radical (unpaired) electrons. The molecule has 2 aliphatic rings. The van der Waals surface area contributed by atoms with Crippen LogP contribution in [-0.4, -0.2) is 17.6 Å². The van der Waals surface area contributed by atoms with Gasteiger partial charge in [-0.2, -0.15) is 0 Å². The second-order valence-corrected chi connectivity index (χ2v) is 5.15. The highest BCUT2D eigenvalue weighted by Gasteiger charge is 2.28. The summed E-state index contributed by atoms with van der Waals surface area (Å²) < 4.78 is 0. The Morgan fingerprint density at radius 2 is 1.75 bits per heavy atom. The maximum Gasteiger partial charge on any atom is 0.120 e. The van der Waals surface area contributed by atoms with Gasteiger partial charge in [0.2, 0.25) is 0 Å². The first-order chi connectivity index (χ1) is 7.81. The predicted molar refractivity (Wildman–Crippen MR) is 70.4 cm³/mol. The standard InChI is InChI=1S/C14H24N2/c1-3-13-12-9-7-5-4-6-8-10-14(12)16-11(2)15-13/h12,14H,3-10H2,1-2H3. The smallest absolute Gasteiger partial charge is 0.120 e. The molecule has 2 unspecified atom stereocenters. The van der Waals surface area contributed by atoms with Crippen LogP contribution in [-0.2, 0) is 0 Å². The van der Waals surface area contributed by atoms with Gasteiger partial charge in [-0.15, -0.1) is 0 Å². The zero-order valence-electron chi connectivity index (χ0n) is 10.7. The Bertz CT molecular complexity index is 291. The van der Waals surface area contributed by atoms with Crippen LogP contribution in [0.3, 0.4) is 0 Å². The third-order valence-electron chi connectivity index (χ3n) is 3.93. The Morgan fingerprint density at radius 1 is 1.06 bits per heavy atom. The number of nitrogens with zero attached hydrogens (tertiary/aromatic N) is 2. The minimum atomic E-state index is 0.547. The molecule has 1 aliphatic carbocycles. The third kappa shape index (κ3) is 2.72. The summed E-state index contributed by atoms with van der Waals surface area (Å²) in [6.45, 7) is 4.29. The fraction of sp³-hybridized carbons (Fsp3) is 0.857. The van der Waals surface area contributed by atoms with Gasteiger partial charge in [0.05, 0.1) is 6.04 Å². The molecular weight excluding hydrogens is 196 g/mol. The summed E-state index contributed by atoms with van der Waals surface area (Å²) >= 11 is 0. The molecule has 0 saturated heterocycles. The largest absolute Gasteiger partial charge is 0.267 e. The van der Waals surface area contributed by atoms with E-state index in [0.29, 0.717) is 12.0 Å². The van der Waals surface area contributed by atoms with Crippen LogP contribution in [0.2, 0.25) is 0 Å². The van der Waals surface area contributed by atoms with Gasteiger partial charge in [0, 0.05) is 11.6 Å². The van der Waals surface area contributed by atoms with E-state index in [1.54, 1.807) is 0 Å². The van der Waals surface area contributed by atoms with E-state index in [0.717, 1.165) is 12.3 Å². The summed E-state index contributed by atoms with van der Waals surface area (Å²) in [5.41, 5.74) is 1.42. The van der Waals surface area contributed by atoms with Crippen LogP contribution < -0.4 is 0 Å². The second-order valence-electron chi connectivity index (χ2n) is 5.15. The van der Waals surface area contributed by atoms with E-state index >= 15 is 0 Å². The Balaban J connectivity index is 2.14. The lowest BCUT2D eigenvalue weighted by Gasteiger charge is -2.28. The first kappa shape index (κ1) is 11.8. The van der Waals surface area contributed by atoms with Crippen LogP contribution in [0.5, 0.6) is 0 Å². The number of aliphatic imine (C=N–C) groups is 2. The lowest BCUT2D eigenvalue weighted by Crippen LogP contribution is -2.31. The van der Waals surface area contributed by atoms with Crippen molar-refractivity contribution in [2.45, 2.75) is 71.3 Å². The maximum absolute atomic E-state index is 4.77. The van der Waals surface area contributed by atoms with Crippen molar-refractivity contribution in [1.82, 2.24) is 0 Å². The van der Waals surface area contributed by atoms with E-state index < -0.39 is 0 Å². The Labute approximate surface area is 99.3 Å². The van der Waals surface area contributed by atoms with Crippen molar-refractivity contribution in [2.75, 3.05) is 0 Å². The molecule has 2 nitrogen and oxygen atoms in total. The topological polar surface area (TPSA) is 24.7 Å². The average Bonchev–Trinajstić information content (AvgIpc) is 2.39. The molecule has 0 aromatic carbocycles. The second kappa shape index (κ2) is 5.60. The zero-order valence-corrected chi connectivity index (χ0v) is 10.7. The number of hydrogen-bond donors (Lipinski definition) is 0. The van der Waals surface area contributed by atoms with E-state index in [4.69, 9.17) is 4.99 Å². The van der Waals surface area contributed by atoms with Gasteiger partial charge in [0.25, 0.3) is 0 Å². The van der Waals surface area contributed by atoms with Crippen molar-refractivity contribution < 1.29 is 0 Å². The van der Waals surface area contributed by atoms with Crippen LogP contribution in [0.1, 0.15) is 65.2 Å². The SMILES string of the molecule is CCC1=NC(C)=NC2CCCCCCCC12. The van der Waals surface area contributed by atoms with Gasteiger partial charge in [-0.1, -0.05) is 39.0 Å². The van der Waals surface area contributed by atoms with Gasteiger partial charge in [0.1, 0.15) is 5.84 Å². The molecule has 2 heteroatoms. The minimum absolute atomic E-state index is 0.547. The van der Waals surface area contributed by atoms with Gasteiger partial charge in [-0.05, 0) is 26.2 Å². The van der Waals surface area contributed by atoms with Crippen molar-refractivity contribution in [3.8, 4) is 0 Å². The summed E-state index contributed by atoms with van der Waals surface area (Å²) in [5.74, 6) is 1.67. The maximum atomic E-state index is 4.77. The third-order valence-corrected chi connectivity index (χ3v) is 3.93. The van der Waals surface area contributed by atoms with E-state index in [1.165, 1.54) is 50.7 Å². The van der Waals surface area contributed by atoms with Gasteiger partial charge in [-0.3, -0.25) is 4.99 Å².